The minimum Gasteiger partial charge on any atom is -0.479 e. The van der Waals surface area contributed by atoms with Gasteiger partial charge in [0.2, 0.25) is 0 Å². The fraction of sp³-hybridized carbons (Fsp3) is 0.263. The van der Waals surface area contributed by atoms with E-state index >= 15 is 0 Å². The minimum absolute atomic E-state index is 0.0292. The largest absolute Gasteiger partial charge is 0.479 e. The third-order valence-electron chi connectivity index (χ3n) is 4.02. The molecule has 0 aliphatic carbocycles. The molecule has 0 fully saturated rings. The molecule has 0 aromatic heterocycles. The molecule has 0 N–H and O–H groups in total. The number of fused-ring (bicyclic) bond motifs is 1. The summed E-state index contributed by atoms with van der Waals surface area (Å²) >= 11 is 0. The van der Waals surface area contributed by atoms with E-state index in [0.29, 0.717) is 13.1 Å². The van der Waals surface area contributed by atoms with Gasteiger partial charge in [-0.3, -0.25) is 4.79 Å². The minimum atomic E-state index is -0.714. The van der Waals surface area contributed by atoms with Gasteiger partial charge in [0.15, 0.2) is 24.8 Å². The number of rotatable bonds is 5. The maximum absolute atomic E-state index is 13.4. The van der Waals surface area contributed by atoms with Crippen molar-refractivity contribution < 1.29 is 23.5 Å². The maximum atomic E-state index is 13.4. The second-order valence-electron chi connectivity index (χ2n) is 5.71. The van der Waals surface area contributed by atoms with Gasteiger partial charge in [-0.2, -0.15) is 0 Å². The van der Waals surface area contributed by atoms with Crippen molar-refractivity contribution in [3.05, 3.63) is 65.5 Å². The van der Waals surface area contributed by atoms with Crippen molar-refractivity contribution in [1.29, 1.82) is 0 Å². The van der Waals surface area contributed by atoms with Crippen molar-refractivity contribution in [2.45, 2.75) is 13.0 Å². The van der Waals surface area contributed by atoms with Gasteiger partial charge in [0.05, 0.1) is 0 Å². The first-order chi connectivity index (χ1) is 12.1. The summed E-state index contributed by atoms with van der Waals surface area (Å²) < 4.78 is 23.4. The molecule has 2 aromatic carbocycles. The van der Waals surface area contributed by atoms with E-state index in [1.54, 1.807) is 11.0 Å². The Morgan fingerprint density at radius 1 is 1.00 bits per heavy atom. The lowest BCUT2D eigenvalue weighted by Crippen LogP contribution is -2.38. The first-order valence-electron chi connectivity index (χ1n) is 8.01. The van der Waals surface area contributed by atoms with Crippen LogP contribution in [0.2, 0.25) is 0 Å². The van der Waals surface area contributed by atoms with Crippen LogP contribution in [0.15, 0.2) is 48.5 Å². The van der Waals surface area contributed by atoms with Gasteiger partial charge < -0.3 is 14.4 Å². The maximum Gasteiger partial charge on any atom is 0.344 e. The van der Waals surface area contributed by atoms with Crippen LogP contribution in [0.4, 0.5) is 4.39 Å². The van der Waals surface area contributed by atoms with Crippen molar-refractivity contribution >= 4 is 11.9 Å². The summed E-state index contributed by atoms with van der Waals surface area (Å²) in [5.74, 6) is -1.56. The molecule has 0 spiro atoms. The molecule has 0 bridgehead atoms. The number of esters is 1. The monoisotopic (exact) mass is 343 g/mol. The first-order valence-corrected chi connectivity index (χ1v) is 8.01. The van der Waals surface area contributed by atoms with Crippen LogP contribution >= 0.6 is 0 Å². The zero-order chi connectivity index (χ0) is 17.6. The topological polar surface area (TPSA) is 55.8 Å². The number of halogens is 1. The summed E-state index contributed by atoms with van der Waals surface area (Å²) in [7, 11) is 0. The summed E-state index contributed by atoms with van der Waals surface area (Å²) in [5, 5.41) is 0. The molecule has 5 nitrogen and oxygen atoms in total. The highest BCUT2D eigenvalue weighted by atomic mass is 19.1. The summed E-state index contributed by atoms with van der Waals surface area (Å²) in [6, 6.07) is 13.7. The van der Waals surface area contributed by atoms with E-state index in [2.05, 4.69) is 6.07 Å². The molecule has 6 heteroatoms. The predicted octanol–water partition coefficient (Wildman–Crippen LogP) is 2.33. The molecule has 1 aliphatic heterocycles. The van der Waals surface area contributed by atoms with E-state index in [-0.39, 0.29) is 18.3 Å². The van der Waals surface area contributed by atoms with Gasteiger partial charge in [0, 0.05) is 13.1 Å². The van der Waals surface area contributed by atoms with Crippen LogP contribution in [-0.4, -0.2) is 36.5 Å². The molecule has 1 aliphatic rings. The Morgan fingerprint density at radius 2 is 1.72 bits per heavy atom. The summed E-state index contributed by atoms with van der Waals surface area (Å²) in [6.45, 7) is 0.316. The highest BCUT2D eigenvalue weighted by Gasteiger charge is 2.21. The molecule has 130 valence electrons. The van der Waals surface area contributed by atoms with Crippen molar-refractivity contribution in [3.8, 4) is 5.75 Å². The number of hydrogen-bond acceptors (Lipinski definition) is 4. The first kappa shape index (κ1) is 17.0. The van der Waals surface area contributed by atoms with Crippen molar-refractivity contribution in [2.75, 3.05) is 19.8 Å². The SMILES string of the molecule is O=C(COc1ccccc1F)OCC(=O)N1CCc2ccccc2C1. The highest BCUT2D eigenvalue weighted by Crippen LogP contribution is 2.18. The molecule has 0 atom stereocenters. The number of hydrogen-bond donors (Lipinski definition) is 0. The molecule has 25 heavy (non-hydrogen) atoms. The predicted molar refractivity (Wildman–Crippen MR) is 88.4 cm³/mol. The number of ether oxygens (including phenoxy) is 2. The lowest BCUT2D eigenvalue weighted by molar-refractivity contribution is -0.154. The van der Waals surface area contributed by atoms with E-state index in [1.165, 1.54) is 23.8 Å². The van der Waals surface area contributed by atoms with E-state index in [9.17, 15) is 14.0 Å². The molecular weight excluding hydrogens is 325 g/mol. The Morgan fingerprint density at radius 3 is 2.52 bits per heavy atom. The van der Waals surface area contributed by atoms with Crippen molar-refractivity contribution in [2.24, 2.45) is 0 Å². The number of amides is 1. The molecule has 1 heterocycles. The Hall–Kier alpha value is -2.89. The molecule has 3 rings (SSSR count). The zero-order valence-electron chi connectivity index (χ0n) is 13.6. The molecular formula is C19H18FNO4. The molecule has 2 aromatic rings. The summed E-state index contributed by atoms with van der Waals surface area (Å²) in [6.07, 6.45) is 0.784. The van der Waals surface area contributed by atoms with E-state index in [1.807, 2.05) is 18.2 Å². The number of nitrogens with zero attached hydrogens (tertiary/aromatic N) is 1. The van der Waals surface area contributed by atoms with Gasteiger partial charge in [-0.05, 0) is 29.7 Å². The second kappa shape index (κ2) is 7.79. The quantitative estimate of drug-likeness (QED) is 0.782. The Bertz CT molecular complexity index is 778. The average Bonchev–Trinajstić information content (AvgIpc) is 2.65. The van der Waals surface area contributed by atoms with Crippen molar-refractivity contribution in [1.82, 2.24) is 4.90 Å². The molecule has 0 radical (unpaired) electrons. The van der Waals surface area contributed by atoms with Gasteiger partial charge in [-0.15, -0.1) is 0 Å². The van der Waals surface area contributed by atoms with Gasteiger partial charge in [0.1, 0.15) is 0 Å². The standard InChI is InChI=1S/C19H18FNO4/c20-16-7-3-4-8-17(16)24-13-19(23)25-12-18(22)21-10-9-14-5-1-2-6-15(14)11-21/h1-8H,9-13H2. The Balaban J connectivity index is 1.45. The van der Waals surface area contributed by atoms with Gasteiger partial charge in [0.25, 0.3) is 5.91 Å². The Labute approximate surface area is 145 Å². The number of carbonyl (C=O) groups excluding carboxylic acids is 2. The Kier molecular flexibility index (Phi) is 5.28. The van der Waals surface area contributed by atoms with Crippen LogP contribution in [0.25, 0.3) is 0 Å². The molecule has 1 amide bonds. The molecule has 0 unspecified atom stereocenters. The van der Waals surface area contributed by atoms with E-state index < -0.39 is 18.4 Å². The smallest absolute Gasteiger partial charge is 0.344 e. The number of benzene rings is 2. The lowest BCUT2D eigenvalue weighted by atomic mass is 10.00. The fourth-order valence-corrected chi connectivity index (χ4v) is 2.68. The average molecular weight is 343 g/mol. The number of carbonyl (C=O) groups is 2. The van der Waals surface area contributed by atoms with Crippen LogP contribution in [0.3, 0.4) is 0 Å². The number of para-hydroxylation sites is 1. The van der Waals surface area contributed by atoms with Crippen LogP contribution in [0.5, 0.6) is 5.75 Å². The third-order valence-corrected chi connectivity index (χ3v) is 4.02. The van der Waals surface area contributed by atoms with Gasteiger partial charge in [-0.1, -0.05) is 36.4 Å². The van der Waals surface area contributed by atoms with Gasteiger partial charge in [-0.25, -0.2) is 9.18 Å². The van der Waals surface area contributed by atoms with Crippen LogP contribution in [0, 0.1) is 5.82 Å². The second-order valence-corrected chi connectivity index (χ2v) is 5.71. The summed E-state index contributed by atoms with van der Waals surface area (Å²) in [4.78, 5) is 25.5. The normalized spacial score (nSPS) is 13.1. The van der Waals surface area contributed by atoms with Gasteiger partial charge >= 0.3 is 5.97 Å². The van der Waals surface area contributed by atoms with Crippen molar-refractivity contribution in [3.63, 3.8) is 0 Å². The highest BCUT2D eigenvalue weighted by molar-refractivity contribution is 5.81. The van der Waals surface area contributed by atoms with Crippen LogP contribution in [0.1, 0.15) is 11.1 Å². The zero-order valence-corrected chi connectivity index (χ0v) is 13.6. The van der Waals surface area contributed by atoms with Crippen LogP contribution < -0.4 is 4.74 Å². The third kappa shape index (κ3) is 4.35. The van der Waals surface area contributed by atoms with Crippen LogP contribution in [-0.2, 0) is 27.3 Å². The fourth-order valence-electron chi connectivity index (χ4n) is 2.68. The summed E-state index contributed by atoms with van der Waals surface area (Å²) in [5.41, 5.74) is 2.35. The lowest BCUT2D eigenvalue weighted by Gasteiger charge is -2.28. The van der Waals surface area contributed by atoms with E-state index in [4.69, 9.17) is 9.47 Å². The molecule has 0 saturated heterocycles. The van der Waals surface area contributed by atoms with E-state index in [0.717, 1.165) is 12.0 Å². The molecule has 0 saturated carbocycles.